The zero-order chi connectivity index (χ0) is 18.4. The van der Waals surface area contributed by atoms with Crippen LogP contribution in [0.4, 0.5) is 0 Å². The molecule has 0 saturated carbocycles. The summed E-state index contributed by atoms with van der Waals surface area (Å²) in [6.07, 6.45) is 0.950. The number of nitrogens with one attached hydrogen (secondary N) is 1. The van der Waals surface area contributed by atoms with Gasteiger partial charge in [-0.2, -0.15) is 0 Å². The Kier molecular flexibility index (Phi) is 6.21. The van der Waals surface area contributed by atoms with Crippen molar-refractivity contribution in [3.8, 4) is 0 Å². The summed E-state index contributed by atoms with van der Waals surface area (Å²) < 4.78 is 0. The quantitative estimate of drug-likeness (QED) is 0.831. The fourth-order valence-corrected chi connectivity index (χ4v) is 2.51. The molecule has 0 fully saturated rings. The number of carbonyl (C=O) groups excluding carboxylic acids is 2. The Morgan fingerprint density at radius 1 is 1.00 bits per heavy atom. The van der Waals surface area contributed by atoms with Gasteiger partial charge in [-0.25, -0.2) is 5.01 Å². The summed E-state index contributed by atoms with van der Waals surface area (Å²) in [5, 5.41) is 1.97. The molecule has 0 bridgehead atoms. The van der Waals surface area contributed by atoms with Gasteiger partial charge in [0.2, 0.25) is 5.91 Å². The van der Waals surface area contributed by atoms with E-state index in [0.29, 0.717) is 23.4 Å². The molecule has 0 unspecified atom stereocenters. The number of amides is 2. The van der Waals surface area contributed by atoms with Crippen LogP contribution in [0.1, 0.15) is 43.1 Å². The van der Waals surface area contributed by atoms with Crippen LogP contribution in [0.25, 0.3) is 0 Å². The lowest BCUT2D eigenvalue weighted by molar-refractivity contribution is -0.139. The molecule has 0 atom stereocenters. The van der Waals surface area contributed by atoms with E-state index < -0.39 is 5.54 Å². The van der Waals surface area contributed by atoms with Crippen molar-refractivity contribution in [3.63, 3.8) is 0 Å². The summed E-state index contributed by atoms with van der Waals surface area (Å²) in [5.41, 5.74) is 3.74. The summed E-state index contributed by atoms with van der Waals surface area (Å²) in [6.45, 7) is 5.65. The SMILES string of the molecule is CC(C)(C)N(NC(=O)c1ccc(Cl)cc1)C(=O)CCc1ccccc1. The van der Waals surface area contributed by atoms with Gasteiger partial charge in [0.1, 0.15) is 0 Å². The molecule has 0 aromatic heterocycles. The van der Waals surface area contributed by atoms with E-state index in [1.165, 1.54) is 5.01 Å². The molecular formula is C20H23ClN2O2. The number of rotatable bonds is 4. The fraction of sp³-hybridized carbons (Fsp3) is 0.300. The Bertz CT molecular complexity index is 722. The second kappa shape index (κ2) is 8.17. The standard InChI is InChI=1S/C20H23ClN2O2/c1-20(2,3)23(18(24)14-9-15-7-5-4-6-8-15)22-19(25)16-10-12-17(21)13-11-16/h4-8,10-13H,9,14H2,1-3H3,(H,22,25). The number of aryl methyl sites for hydroxylation is 1. The number of nitrogens with zero attached hydrogens (tertiary/aromatic N) is 1. The summed E-state index contributed by atoms with van der Waals surface area (Å²) >= 11 is 5.85. The summed E-state index contributed by atoms with van der Waals surface area (Å²) in [5.74, 6) is -0.460. The Hall–Kier alpha value is -2.33. The van der Waals surface area contributed by atoms with Crippen molar-refractivity contribution < 1.29 is 9.59 Å². The van der Waals surface area contributed by atoms with Crippen LogP contribution in [0, 0.1) is 0 Å². The minimum Gasteiger partial charge on any atom is -0.273 e. The van der Waals surface area contributed by atoms with Crippen LogP contribution < -0.4 is 5.43 Å². The van der Waals surface area contributed by atoms with Crippen LogP contribution in [0.15, 0.2) is 54.6 Å². The first kappa shape index (κ1) is 19.0. The van der Waals surface area contributed by atoms with E-state index in [9.17, 15) is 9.59 Å². The average Bonchev–Trinajstić information content (AvgIpc) is 2.58. The van der Waals surface area contributed by atoms with Crippen molar-refractivity contribution in [2.24, 2.45) is 0 Å². The highest BCUT2D eigenvalue weighted by Crippen LogP contribution is 2.15. The third kappa shape index (κ3) is 5.61. The highest BCUT2D eigenvalue weighted by Gasteiger charge is 2.28. The highest BCUT2D eigenvalue weighted by atomic mass is 35.5. The first-order valence-corrected chi connectivity index (χ1v) is 8.59. The van der Waals surface area contributed by atoms with Gasteiger partial charge in [-0.15, -0.1) is 0 Å². The third-order valence-electron chi connectivity index (χ3n) is 3.71. The predicted octanol–water partition coefficient (Wildman–Crippen LogP) is 4.24. The molecule has 1 N–H and O–H groups in total. The molecule has 2 aromatic carbocycles. The maximum absolute atomic E-state index is 12.7. The van der Waals surface area contributed by atoms with Gasteiger partial charge in [0.05, 0.1) is 5.54 Å². The summed E-state index contributed by atoms with van der Waals surface area (Å²) in [4.78, 5) is 25.1. The number of halogens is 1. The van der Waals surface area contributed by atoms with Gasteiger partial charge in [0.15, 0.2) is 0 Å². The molecule has 2 aromatic rings. The molecule has 0 spiro atoms. The Morgan fingerprint density at radius 3 is 2.16 bits per heavy atom. The van der Waals surface area contributed by atoms with Crippen LogP contribution in [-0.2, 0) is 11.2 Å². The Labute approximate surface area is 153 Å². The fourth-order valence-electron chi connectivity index (χ4n) is 2.38. The van der Waals surface area contributed by atoms with Crippen LogP contribution in [0.5, 0.6) is 0 Å². The predicted molar refractivity (Wildman–Crippen MR) is 100 cm³/mol. The molecule has 0 aliphatic rings. The van der Waals surface area contributed by atoms with E-state index in [1.54, 1.807) is 24.3 Å². The molecule has 132 valence electrons. The van der Waals surface area contributed by atoms with Crippen molar-refractivity contribution >= 4 is 23.4 Å². The second-order valence-electron chi connectivity index (χ2n) is 6.83. The molecule has 0 radical (unpaired) electrons. The minimum absolute atomic E-state index is 0.126. The lowest BCUT2D eigenvalue weighted by atomic mass is 10.1. The van der Waals surface area contributed by atoms with E-state index in [1.807, 2.05) is 51.1 Å². The van der Waals surface area contributed by atoms with Gasteiger partial charge in [-0.1, -0.05) is 41.9 Å². The van der Waals surface area contributed by atoms with Gasteiger partial charge in [0.25, 0.3) is 5.91 Å². The number of hydrazine groups is 1. The van der Waals surface area contributed by atoms with Gasteiger partial charge in [-0.3, -0.25) is 15.0 Å². The zero-order valence-electron chi connectivity index (χ0n) is 14.8. The van der Waals surface area contributed by atoms with Crippen molar-refractivity contribution in [2.75, 3.05) is 0 Å². The topological polar surface area (TPSA) is 49.4 Å². The van der Waals surface area contributed by atoms with E-state index in [-0.39, 0.29) is 11.8 Å². The largest absolute Gasteiger partial charge is 0.273 e. The van der Waals surface area contributed by atoms with Crippen molar-refractivity contribution in [1.82, 2.24) is 10.4 Å². The summed E-state index contributed by atoms with van der Waals surface area (Å²) in [6, 6.07) is 16.4. The number of hydrogen-bond donors (Lipinski definition) is 1. The molecule has 4 nitrogen and oxygen atoms in total. The lowest BCUT2D eigenvalue weighted by Crippen LogP contribution is -2.55. The Morgan fingerprint density at radius 2 is 1.60 bits per heavy atom. The molecule has 25 heavy (non-hydrogen) atoms. The molecule has 2 amide bonds. The van der Waals surface area contributed by atoms with Crippen molar-refractivity contribution in [2.45, 2.75) is 39.2 Å². The monoisotopic (exact) mass is 358 g/mol. The Balaban J connectivity index is 2.06. The van der Waals surface area contributed by atoms with E-state index >= 15 is 0 Å². The van der Waals surface area contributed by atoms with Crippen LogP contribution in [0.3, 0.4) is 0 Å². The van der Waals surface area contributed by atoms with Gasteiger partial charge < -0.3 is 0 Å². The minimum atomic E-state index is -0.532. The molecular weight excluding hydrogens is 336 g/mol. The first-order chi connectivity index (χ1) is 11.8. The molecule has 0 saturated heterocycles. The van der Waals surface area contributed by atoms with E-state index in [0.717, 1.165) is 5.56 Å². The average molecular weight is 359 g/mol. The van der Waals surface area contributed by atoms with Crippen molar-refractivity contribution in [1.29, 1.82) is 0 Å². The normalized spacial score (nSPS) is 11.0. The molecule has 0 aliphatic heterocycles. The number of benzene rings is 2. The maximum Gasteiger partial charge on any atom is 0.269 e. The van der Waals surface area contributed by atoms with Gasteiger partial charge in [0, 0.05) is 17.0 Å². The van der Waals surface area contributed by atoms with Crippen molar-refractivity contribution in [3.05, 3.63) is 70.7 Å². The molecule has 2 rings (SSSR count). The van der Waals surface area contributed by atoms with E-state index in [4.69, 9.17) is 11.6 Å². The third-order valence-corrected chi connectivity index (χ3v) is 3.96. The number of hydrogen-bond acceptors (Lipinski definition) is 2. The smallest absolute Gasteiger partial charge is 0.269 e. The highest BCUT2D eigenvalue weighted by molar-refractivity contribution is 6.30. The lowest BCUT2D eigenvalue weighted by Gasteiger charge is -2.35. The van der Waals surface area contributed by atoms with Crippen LogP contribution >= 0.6 is 11.6 Å². The molecule has 5 heteroatoms. The molecule has 0 heterocycles. The number of carbonyl (C=O) groups is 2. The van der Waals surface area contributed by atoms with Gasteiger partial charge in [-0.05, 0) is 57.0 Å². The van der Waals surface area contributed by atoms with Crippen LogP contribution in [0.2, 0.25) is 5.02 Å². The molecule has 0 aliphatic carbocycles. The maximum atomic E-state index is 12.7. The van der Waals surface area contributed by atoms with Gasteiger partial charge >= 0.3 is 0 Å². The van der Waals surface area contributed by atoms with Crippen LogP contribution in [-0.4, -0.2) is 22.4 Å². The zero-order valence-corrected chi connectivity index (χ0v) is 15.5. The van der Waals surface area contributed by atoms with E-state index in [2.05, 4.69) is 5.43 Å². The second-order valence-corrected chi connectivity index (χ2v) is 7.27. The first-order valence-electron chi connectivity index (χ1n) is 8.21. The summed E-state index contributed by atoms with van der Waals surface area (Å²) in [7, 11) is 0.